The van der Waals surface area contributed by atoms with Gasteiger partial charge in [-0.15, -0.1) is 0 Å². The topological polar surface area (TPSA) is 60.7 Å². The van der Waals surface area contributed by atoms with Crippen molar-refractivity contribution in [2.45, 2.75) is 19.9 Å². The monoisotopic (exact) mass is 280 g/mol. The van der Waals surface area contributed by atoms with Crippen LogP contribution in [0.15, 0.2) is 42.7 Å². The Morgan fingerprint density at radius 1 is 1.24 bits per heavy atom. The van der Waals surface area contributed by atoms with Crippen molar-refractivity contribution in [1.82, 2.24) is 10.3 Å². The first-order valence-corrected chi connectivity index (χ1v) is 7.14. The Hall–Kier alpha value is -2.38. The highest BCUT2D eigenvalue weighted by molar-refractivity contribution is 5.58. The molecule has 0 amide bonds. The van der Waals surface area contributed by atoms with Gasteiger partial charge in [0.15, 0.2) is 0 Å². The Labute approximate surface area is 125 Å². The zero-order valence-corrected chi connectivity index (χ0v) is 12.3. The lowest BCUT2D eigenvalue weighted by Gasteiger charge is -2.09. The number of pyridine rings is 1. The fraction of sp³-hybridized carbons (Fsp3) is 0.294. The second-order valence-electron chi connectivity index (χ2n) is 4.98. The molecule has 1 aromatic carbocycles. The van der Waals surface area contributed by atoms with E-state index in [2.05, 4.69) is 27.8 Å². The summed E-state index contributed by atoms with van der Waals surface area (Å²) >= 11 is 0. The van der Waals surface area contributed by atoms with Crippen LogP contribution in [0.5, 0.6) is 0 Å². The molecule has 0 aliphatic rings. The molecule has 0 aliphatic heterocycles. The third kappa shape index (κ3) is 4.90. The molecule has 4 heteroatoms. The van der Waals surface area contributed by atoms with Gasteiger partial charge in [0.2, 0.25) is 0 Å². The molecule has 0 saturated heterocycles. The molecule has 4 nitrogen and oxygen atoms in total. The minimum Gasteiger partial charge on any atom is -0.384 e. The van der Waals surface area contributed by atoms with Crippen molar-refractivity contribution in [1.29, 1.82) is 5.26 Å². The molecule has 0 saturated carbocycles. The van der Waals surface area contributed by atoms with Crippen LogP contribution in [0.4, 0.5) is 5.69 Å². The van der Waals surface area contributed by atoms with Gasteiger partial charge in [0.1, 0.15) is 6.07 Å². The van der Waals surface area contributed by atoms with Crippen LogP contribution >= 0.6 is 0 Å². The lowest BCUT2D eigenvalue weighted by molar-refractivity contribution is 0.662. The summed E-state index contributed by atoms with van der Waals surface area (Å²) in [5.74, 6) is 0. The standard InChI is InChI=1S/C17H20N4/c1-14-5-6-16(11-18)17(10-14)21-9-3-8-20-13-15-4-2-7-19-12-15/h2,4-7,10,12,20-21H,3,8-9,13H2,1H3. The number of nitrogens with one attached hydrogen (secondary N) is 2. The van der Waals surface area contributed by atoms with Crippen LogP contribution in [-0.4, -0.2) is 18.1 Å². The Morgan fingerprint density at radius 2 is 2.14 bits per heavy atom. The van der Waals surface area contributed by atoms with Gasteiger partial charge in [0.25, 0.3) is 0 Å². The number of aromatic nitrogens is 1. The van der Waals surface area contributed by atoms with Gasteiger partial charge < -0.3 is 10.6 Å². The molecule has 2 rings (SSSR count). The van der Waals surface area contributed by atoms with E-state index in [1.54, 1.807) is 6.20 Å². The molecule has 108 valence electrons. The number of benzene rings is 1. The smallest absolute Gasteiger partial charge is 0.101 e. The Bertz CT molecular complexity index is 602. The minimum absolute atomic E-state index is 0.698. The molecule has 0 bridgehead atoms. The van der Waals surface area contributed by atoms with Crippen molar-refractivity contribution in [3.8, 4) is 6.07 Å². The van der Waals surface area contributed by atoms with E-state index in [4.69, 9.17) is 5.26 Å². The van der Waals surface area contributed by atoms with Crippen molar-refractivity contribution in [3.05, 3.63) is 59.4 Å². The fourth-order valence-corrected chi connectivity index (χ4v) is 2.07. The first kappa shape index (κ1) is 15.0. The van der Waals surface area contributed by atoms with E-state index in [1.165, 1.54) is 5.56 Å². The van der Waals surface area contributed by atoms with E-state index >= 15 is 0 Å². The Morgan fingerprint density at radius 3 is 2.90 bits per heavy atom. The molecule has 1 heterocycles. The van der Waals surface area contributed by atoms with Gasteiger partial charge in [-0.2, -0.15) is 5.26 Å². The number of anilines is 1. The maximum atomic E-state index is 9.07. The van der Waals surface area contributed by atoms with E-state index in [9.17, 15) is 0 Å². The van der Waals surface area contributed by atoms with Crippen LogP contribution in [-0.2, 0) is 6.54 Å². The molecule has 2 N–H and O–H groups in total. The highest BCUT2D eigenvalue weighted by Gasteiger charge is 2.01. The summed E-state index contributed by atoms with van der Waals surface area (Å²) in [4.78, 5) is 4.08. The van der Waals surface area contributed by atoms with Gasteiger partial charge >= 0.3 is 0 Å². The molecular formula is C17H20N4. The summed E-state index contributed by atoms with van der Waals surface area (Å²) in [6.07, 6.45) is 4.65. The third-order valence-electron chi connectivity index (χ3n) is 3.19. The second kappa shape index (κ2) is 8.03. The number of hydrogen-bond donors (Lipinski definition) is 2. The van der Waals surface area contributed by atoms with Crippen LogP contribution in [0.3, 0.4) is 0 Å². The van der Waals surface area contributed by atoms with Crippen LogP contribution in [0.25, 0.3) is 0 Å². The van der Waals surface area contributed by atoms with Crippen molar-refractivity contribution in [2.75, 3.05) is 18.4 Å². The quantitative estimate of drug-likeness (QED) is 0.766. The summed E-state index contributed by atoms with van der Waals surface area (Å²) in [7, 11) is 0. The first-order valence-electron chi connectivity index (χ1n) is 7.14. The van der Waals surface area contributed by atoms with Crippen molar-refractivity contribution < 1.29 is 0 Å². The van der Waals surface area contributed by atoms with Gasteiger partial charge in [0.05, 0.1) is 11.3 Å². The number of nitrogens with zero attached hydrogens (tertiary/aromatic N) is 2. The molecule has 0 fully saturated rings. The summed E-state index contributed by atoms with van der Waals surface area (Å²) in [6.45, 7) is 4.64. The van der Waals surface area contributed by atoms with Crippen molar-refractivity contribution in [3.63, 3.8) is 0 Å². The van der Waals surface area contributed by atoms with Gasteiger partial charge in [-0.25, -0.2) is 0 Å². The zero-order valence-electron chi connectivity index (χ0n) is 12.3. The lowest BCUT2D eigenvalue weighted by atomic mass is 10.1. The Balaban J connectivity index is 1.68. The summed E-state index contributed by atoms with van der Waals surface area (Å²) in [6, 6.07) is 12.0. The highest BCUT2D eigenvalue weighted by atomic mass is 14.9. The van der Waals surface area contributed by atoms with Crippen LogP contribution in [0, 0.1) is 18.3 Å². The normalized spacial score (nSPS) is 10.1. The van der Waals surface area contributed by atoms with Crippen molar-refractivity contribution in [2.24, 2.45) is 0 Å². The molecule has 21 heavy (non-hydrogen) atoms. The van der Waals surface area contributed by atoms with Gasteiger partial charge in [-0.05, 0) is 49.2 Å². The van der Waals surface area contributed by atoms with Gasteiger partial charge in [-0.1, -0.05) is 12.1 Å². The molecule has 0 aliphatic carbocycles. The first-order chi connectivity index (χ1) is 10.3. The van der Waals surface area contributed by atoms with E-state index in [0.717, 1.165) is 37.3 Å². The third-order valence-corrected chi connectivity index (χ3v) is 3.19. The molecule has 0 unspecified atom stereocenters. The van der Waals surface area contributed by atoms with Crippen LogP contribution in [0.1, 0.15) is 23.1 Å². The molecule has 0 spiro atoms. The van der Waals surface area contributed by atoms with E-state index in [-0.39, 0.29) is 0 Å². The maximum absolute atomic E-state index is 9.07. The van der Waals surface area contributed by atoms with E-state index in [0.29, 0.717) is 5.56 Å². The largest absolute Gasteiger partial charge is 0.384 e. The van der Waals surface area contributed by atoms with E-state index in [1.807, 2.05) is 37.4 Å². The number of nitriles is 1. The summed E-state index contributed by atoms with van der Waals surface area (Å²) < 4.78 is 0. The Kier molecular flexibility index (Phi) is 5.74. The molecule has 0 radical (unpaired) electrons. The van der Waals surface area contributed by atoms with Gasteiger partial charge in [-0.3, -0.25) is 4.98 Å². The lowest BCUT2D eigenvalue weighted by Crippen LogP contribution is -2.18. The molecule has 1 aromatic heterocycles. The second-order valence-corrected chi connectivity index (χ2v) is 4.98. The molecular weight excluding hydrogens is 260 g/mol. The molecule has 0 atom stereocenters. The molecule has 2 aromatic rings. The fourth-order valence-electron chi connectivity index (χ4n) is 2.07. The predicted octanol–water partition coefficient (Wildman–Crippen LogP) is 2.85. The maximum Gasteiger partial charge on any atom is 0.101 e. The van der Waals surface area contributed by atoms with Crippen LogP contribution in [0.2, 0.25) is 0 Å². The average molecular weight is 280 g/mol. The number of hydrogen-bond acceptors (Lipinski definition) is 4. The zero-order chi connectivity index (χ0) is 14.9. The van der Waals surface area contributed by atoms with Gasteiger partial charge in [0, 0.05) is 25.5 Å². The summed E-state index contributed by atoms with van der Waals surface area (Å²) in [5.41, 5.74) is 3.97. The summed E-state index contributed by atoms with van der Waals surface area (Å²) in [5, 5.41) is 15.8. The predicted molar refractivity (Wildman–Crippen MR) is 84.9 cm³/mol. The van der Waals surface area contributed by atoms with E-state index < -0.39 is 0 Å². The minimum atomic E-state index is 0.698. The number of rotatable bonds is 7. The van der Waals surface area contributed by atoms with Crippen molar-refractivity contribution >= 4 is 5.69 Å². The SMILES string of the molecule is Cc1ccc(C#N)c(NCCCNCc2cccnc2)c1. The van der Waals surface area contributed by atoms with Crippen LogP contribution < -0.4 is 10.6 Å². The highest BCUT2D eigenvalue weighted by Crippen LogP contribution is 2.16. The average Bonchev–Trinajstić information content (AvgIpc) is 2.52. The number of aryl methyl sites for hydroxylation is 1.